The fourth-order valence-electron chi connectivity index (χ4n) is 10.6. The van der Waals surface area contributed by atoms with Crippen LogP contribution >= 0.6 is 0 Å². The molecule has 4 unspecified atom stereocenters. The average Bonchev–Trinajstić information content (AvgIpc) is 4.29. The van der Waals surface area contributed by atoms with Crippen LogP contribution in [-0.2, 0) is 83.4 Å². The molecular weight excluding hydrogens is 1040 g/mol. The Balaban J connectivity index is 0.811. The summed E-state index contributed by atoms with van der Waals surface area (Å²) in [5, 5.41) is 27.2. The van der Waals surface area contributed by atoms with E-state index in [1.165, 1.54) is 6.07 Å². The summed E-state index contributed by atoms with van der Waals surface area (Å²) >= 11 is 0. The van der Waals surface area contributed by atoms with Crippen molar-refractivity contribution in [1.82, 2.24) is 51.7 Å². The third-order valence-corrected chi connectivity index (χ3v) is 14.9. The minimum Gasteiger partial charge on any atom is -0.480 e. The van der Waals surface area contributed by atoms with Gasteiger partial charge in [-0.2, -0.15) is 0 Å². The van der Waals surface area contributed by atoms with Gasteiger partial charge in [0.2, 0.25) is 35.4 Å². The Hall–Kier alpha value is -8.65. The van der Waals surface area contributed by atoms with E-state index in [0.29, 0.717) is 92.7 Å². The molecule has 0 bridgehead atoms. The van der Waals surface area contributed by atoms with Crippen molar-refractivity contribution in [3.63, 3.8) is 0 Å². The van der Waals surface area contributed by atoms with E-state index < -0.39 is 140 Å². The van der Waals surface area contributed by atoms with Gasteiger partial charge in [0.05, 0.1) is 67.2 Å². The van der Waals surface area contributed by atoms with Gasteiger partial charge in [-0.25, -0.2) is 9.37 Å². The topological polar surface area (TPSA) is 332 Å². The number of hydrogen-bond acceptors (Lipinski definition) is 15. The molecule has 416 valence electrons. The van der Waals surface area contributed by atoms with Crippen LogP contribution in [0.5, 0.6) is 0 Å². The van der Waals surface area contributed by atoms with E-state index >= 15 is 4.39 Å². The van der Waals surface area contributed by atoms with Crippen molar-refractivity contribution in [3.8, 4) is 11.4 Å². The number of imide groups is 1. The number of benzene rings is 2. The second-order valence-electron chi connectivity index (χ2n) is 20.1. The summed E-state index contributed by atoms with van der Waals surface area (Å²) in [6.07, 6.45) is 4.02. The molecule has 8 N–H and O–H groups in total. The zero-order chi connectivity index (χ0) is 57.2. The van der Waals surface area contributed by atoms with Crippen LogP contribution in [0.2, 0.25) is 0 Å². The van der Waals surface area contributed by atoms with Crippen molar-refractivity contribution < 1.29 is 66.9 Å². The van der Waals surface area contributed by atoms with Crippen molar-refractivity contribution >= 4 is 77.9 Å². The molecule has 8 amide bonds. The Kier molecular flexibility index (Phi) is 16.4. The molecule has 9 rings (SSSR count). The van der Waals surface area contributed by atoms with Gasteiger partial charge in [0.15, 0.2) is 0 Å². The Labute approximate surface area is 456 Å². The number of halogens is 1. The molecule has 1 saturated carbocycles. The molecule has 2 aliphatic carbocycles. The Morgan fingerprint density at radius 1 is 0.875 bits per heavy atom. The van der Waals surface area contributed by atoms with Crippen molar-refractivity contribution in [2.24, 2.45) is 5.92 Å². The smallest absolute Gasteiger partial charge is 0.317 e. The third kappa shape index (κ3) is 11.6. The van der Waals surface area contributed by atoms with Gasteiger partial charge in [-0.1, -0.05) is 37.3 Å². The highest BCUT2D eigenvalue weighted by Crippen LogP contribution is 2.47. The van der Waals surface area contributed by atoms with Gasteiger partial charge < -0.3 is 56.4 Å². The number of aliphatic carboxylic acids is 1. The first-order chi connectivity index (χ1) is 38.3. The number of aryl methyl sites for hydroxylation is 1. The molecule has 1 fully saturated rings. The van der Waals surface area contributed by atoms with Crippen LogP contribution in [-0.4, -0.2) is 144 Å². The number of fused-ring (bicyclic) bond motifs is 5. The molecule has 26 heteroatoms. The fourth-order valence-corrected chi connectivity index (χ4v) is 10.6. The van der Waals surface area contributed by atoms with E-state index in [4.69, 9.17) is 27.4 Å². The van der Waals surface area contributed by atoms with E-state index in [-0.39, 0.29) is 25.1 Å². The number of carbonyl (C=O) groups excluding carboxylic acids is 9. The molecule has 80 heavy (non-hydrogen) atoms. The van der Waals surface area contributed by atoms with Crippen LogP contribution in [0.15, 0.2) is 59.4 Å². The van der Waals surface area contributed by atoms with E-state index in [1.54, 1.807) is 47.9 Å². The normalized spacial score (nSPS) is 18.2. The lowest BCUT2D eigenvalue weighted by Crippen LogP contribution is -2.56. The van der Waals surface area contributed by atoms with Crippen LogP contribution in [0.1, 0.15) is 83.5 Å². The number of nitrogens with one attached hydrogen (secondary N) is 7. The maximum absolute atomic E-state index is 15.5. The van der Waals surface area contributed by atoms with Crippen LogP contribution in [0, 0.1) is 18.7 Å². The minimum absolute atomic E-state index is 0.0411. The number of nitrogens with zero attached hydrogens (tertiary/aromatic N) is 3. The molecule has 0 spiro atoms. The number of hydrogen-bond donors (Lipinski definition) is 8. The summed E-state index contributed by atoms with van der Waals surface area (Å²) in [5.74, 6) is -9.75. The average molecular weight is 1100 g/mol. The Morgan fingerprint density at radius 3 is 2.25 bits per heavy atom. The summed E-state index contributed by atoms with van der Waals surface area (Å²) < 4.78 is 28.5. The zero-order valence-corrected chi connectivity index (χ0v) is 43.5. The largest absolute Gasteiger partial charge is 0.480 e. The van der Waals surface area contributed by atoms with Gasteiger partial charge in [0.1, 0.15) is 44.6 Å². The second kappa shape index (κ2) is 23.4. The zero-order valence-electron chi connectivity index (χ0n) is 43.5. The quantitative estimate of drug-likeness (QED) is 0.0167. The molecule has 2 aromatic heterocycles. The van der Waals surface area contributed by atoms with Gasteiger partial charge >= 0.3 is 11.9 Å². The molecule has 5 atom stereocenters. The highest BCUT2D eigenvalue weighted by atomic mass is 19.1. The molecular formula is C54H56BFN10O14. The minimum atomic E-state index is -1.94. The number of ether oxygens (including phenoxy) is 2. The molecule has 0 saturated heterocycles. The molecule has 5 aliphatic rings. The lowest BCUT2D eigenvalue weighted by molar-refractivity contribution is -0.148. The van der Waals surface area contributed by atoms with Crippen molar-refractivity contribution in [2.45, 2.75) is 95.1 Å². The molecule has 4 aromatic rings. The molecule has 2 aromatic carbocycles. The molecule has 2 radical (unpaired) electrons. The van der Waals surface area contributed by atoms with Gasteiger partial charge in [0, 0.05) is 42.1 Å². The standard InChI is InChI=1S/C54H56BFN10O14/c1-3-29-31-16-38-48-32(23-65(38)51(76)33(31)24-79-52(29)77)47-35(12-11-30-26(2)34(56)17-36(63-48)46(30)47)64-53(78)54(55,28-9-10-28)80-25-61-41(68)20-59-49(74)37(15-27-7-5-4-6-8-27)62-42(69)21-58-40(67)19-60-50(75)39(18-57-22-45(72)73)66-43(70)13-14-44(66)71/h4-8,13-14,16-17,28-29,35,37,39,57H,3,9-12,15,18-25H2,1-2H3,(H,58,67)(H,59,74)(H,60,75)(H,61,68)(H,62,69)(H,64,78)(H,72,73)/t29-,35?,37?,39?,54?/m1/s1. The molecule has 3 aliphatic heterocycles. The Morgan fingerprint density at radius 2 is 1.56 bits per heavy atom. The number of carboxylic acids is 1. The highest BCUT2D eigenvalue weighted by molar-refractivity contribution is 6.28. The number of carbonyl (C=O) groups is 10. The van der Waals surface area contributed by atoms with Gasteiger partial charge in [0.25, 0.3) is 17.4 Å². The molecule has 24 nitrogen and oxygen atoms in total. The molecule has 5 heterocycles. The van der Waals surface area contributed by atoms with Crippen molar-refractivity contribution in [3.05, 3.63) is 110 Å². The summed E-state index contributed by atoms with van der Waals surface area (Å²) in [4.78, 5) is 148. The first kappa shape index (κ1) is 56.1. The number of pyridine rings is 2. The number of rotatable bonds is 23. The number of esters is 1. The summed E-state index contributed by atoms with van der Waals surface area (Å²) in [6.45, 7) is -0.143. The van der Waals surface area contributed by atoms with E-state index in [9.17, 15) is 52.7 Å². The third-order valence-electron chi connectivity index (χ3n) is 14.9. The van der Waals surface area contributed by atoms with Gasteiger partial charge in [-0.05, 0) is 78.8 Å². The lowest BCUT2D eigenvalue weighted by atomic mass is 9.75. The highest BCUT2D eigenvalue weighted by Gasteiger charge is 2.49. The van der Waals surface area contributed by atoms with Gasteiger partial charge in [-0.15, -0.1) is 0 Å². The fraction of sp³-hybridized carbons (Fsp3) is 0.407. The SMILES string of the molecule is [B]C(OCNC(=O)CNC(=O)C(Cc1ccccc1)NC(=O)CNC(=O)CNC(=O)C(CNCC(=O)O)N1C(=O)C=CC1=O)(C(=O)NC1CCc2c(C)c(F)cc3nc4c(c1c23)Cn1c-4cc2c(c1=O)COC(=O)[C@@H]2CC)C1CC1. The van der Waals surface area contributed by atoms with E-state index in [1.807, 2.05) is 6.92 Å². The maximum Gasteiger partial charge on any atom is 0.317 e. The second-order valence-corrected chi connectivity index (χ2v) is 20.1. The van der Waals surface area contributed by atoms with Crippen LogP contribution in [0.25, 0.3) is 22.3 Å². The summed E-state index contributed by atoms with van der Waals surface area (Å²) in [5.41, 5.74) is 3.00. The predicted octanol–water partition coefficient (Wildman–Crippen LogP) is -1.06. The number of aromatic nitrogens is 2. The Bertz CT molecular complexity index is 3350. The first-order valence-electron chi connectivity index (χ1n) is 26.0. The van der Waals surface area contributed by atoms with Crippen LogP contribution in [0.4, 0.5) is 4.39 Å². The number of cyclic esters (lactones) is 1. The summed E-state index contributed by atoms with van der Waals surface area (Å²) in [7, 11) is 6.79. The van der Waals surface area contributed by atoms with Crippen molar-refractivity contribution in [1.29, 1.82) is 0 Å². The maximum atomic E-state index is 15.5. The van der Waals surface area contributed by atoms with Crippen LogP contribution in [0.3, 0.4) is 0 Å². The number of carboxylic acid groups (broad SMARTS) is 1. The van der Waals surface area contributed by atoms with Gasteiger partial charge in [-0.3, -0.25) is 57.6 Å². The summed E-state index contributed by atoms with van der Waals surface area (Å²) in [6, 6.07) is 8.23. The van der Waals surface area contributed by atoms with E-state index in [2.05, 4.69) is 37.2 Å². The first-order valence-corrected chi connectivity index (χ1v) is 26.0. The van der Waals surface area contributed by atoms with Crippen molar-refractivity contribution in [2.75, 3.05) is 39.5 Å². The predicted molar refractivity (Wildman–Crippen MR) is 279 cm³/mol. The number of amides is 8. The lowest BCUT2D eigenvalue weighted by Gasteiger charge is -2.35. The van der Waals surface area contributed by atoms with Crippen LogP contribution < -0.4 is 42.8 Å². The monoisotopic (exact) mass is 1100 g/mol. The van der Waals surface area contributed by atoms with E-state index in [0.717, 1.165) is 17.7 Å².